The van der Waals surface area contributed by atoms with Crippen molar-refractivity contribution in [1.82, 2.24) is 0 Å². The zero-order valence-electron chi connectivity index (χ0n) is 14.8. The third kappa shape index (κ3) is 3.33. The number of aryl methyl sites for hydroxylation is 2. The minimum Gasteiger partial charge on any atom is -0.461 e. The van der Waals surface area contributed by atoms with Crippen LogP contribution in [-0.4, -0.2) is 30.1 Å². The van der Waals surface area contributed by atoms with Crippen molar-refractivity contribution in [3.05, 3.63) is 23.3 Å². The number of nitrogens with zero attached hydrogens (tertiary/aromatic N) is 1. The Morgan fingerprint density at radius 3 is 2.52 bits per heavy atom. The van der Waals surface area contributed by atoms with Gasteiger partial charge in [0.25, 0.3) is 0 Å². The van der Waals surface area contributed by atoms with Crippen LogP contribution in [0.1, 0.15) is 45.2 Å². The molecule has 5 heteroatoms. The summed E-state index contributed by atoms with van der Waals surface area (Å²) in [5.74, 6) is -0.486. The largest absolute Gasteiger partial charge is 0.461 e. The Hall–Kier alpha value is -2.04. The summed E-state index contributed by atoms with van der Waals surface area (Å²) < 4.78 is 5.41. The Morgan fingerprint density at radius 2 is 1.91 bits per heavy atom. The first-order valence-electron chi connectivity index (χ1n) is 8.17. The smallest absolute Gasteiger partial charge is 0.329 e. The van der Waals surface area contributed by atoms with Crippen LogP contribution in [0.4, 0.5) is 11.4 Å². The van der Waals surface area contributed by atoms with Crippen LogP contribution in [0.2, 0.25) is 0 Å². The molecule has 0 saturated carbocycles. The topological polar surface area (TPSA) is 58.6 Å². The lowest BCUT2D eigenvalue weighted by Crippen LogP contribution is -2.53. The molecule has 1 aliphatic heterocycles. The molecule has 0 saturated heterocycles. The van der Waals surface area contributed by atoms with Gasteiger partial charge in [-0.1, -0.05) is 6.92 Å². The van der Waals surface area contributed by atoms with Crippen molar-refractivity contribution in [3.8, 4) is 0 Å². The van der Waals surface area contributed by atoms with E-state index in [0.29, 0.717) is 0 Å². The number of esters is 1. The van der Waals surface area contributed by atoms with Crippen LogP contribution >= 0.6 is 0 Å². The number of nitrogens with one attached hydrogen (secondary N) is 1. The zero-order valence-corrected chi connectivity index (χ0v) is 14.8. The van der Waals surface area contributed by atoms with Crippen molar-refractivity contribution >= 4 is 23.3 Å². The highest BCUT2D eigenvalue weighted by atomic mass is 16.5. The minimum absolute atomic E-state index is 0.116. The number of ether oxygens (including phenoxy) is 1. The molecular weight excluding hydrogens is 292 g/mol. The van der Waals surface area contributed by atoms with Crippen LogP contribution in [0.3, 0.4) is 0 Å². The van der Waals surface area contributed by atoms with E-state index < -0.39 is 6.04 Å². The maximum Gasteiger partial charge on any atom is 0.329 e. The third-order valence-electron chi connectivity index (χ3n) is 4.47. The average Bonchev–Trinajstić information content (AvgIpc) is 2.50. The molecule has 0 bridgehead atoms. The van der Waals surface area contributed by atoms with E-state index in [0.717, 1.165) is 28.9 Å². The molecule has 1 heterocycles. The normalized spacial score (nSPS) is 19.7. The number of rotatable bonds is 4. The number of hydrogen-bond acceptors (Lipinski definition) is 4. The quantitative estimate of drug-likeness (QED) is 0.866. The van der Waals surface area contributed by atoms with Crippen LogP contribution < -0.4 is 10.2 Å². The van der Waals surface area contributed by atoms with E-state index >= 15 is 0 Å². The molecule has 1 aromatic rings. The predicted octanol–water partition coefficient (Wildman–Crippen LogP) is 3.18. The van der Waals surface area contributed by atoms with Gasteiger partial charge in [0.05, 0.1) is 17.5 Å². The van der Waals surface area contributed by atoms with Crippen molar-refractivity contribution in [2.24, 2.45) is 0 Å². The van der Waals surface area contributed by atoms with Gasteiger partial charge in [-0.05, 0) is 64.3 Å². The van der Waals surface area contributed by atoms with Gasteiger partial charge in [-0.25, -0.2) is 4.79 Å². The molecule has 0 fully saturated rings. The lowest BCUT2D eigenvalue weighted by Gasteiger charge is -2.37. The molecule has 23 heavy (non-hydrogen) atoms. The Bertz CT molecular complexity index is 627. The molecular formula is C18H26N2O3. The molecule has 0 spiro atoms. The van der Waals surface area contributed by atoms with Gasteiger partial charge in [0.2, 0.25) is 5.91 Å². The summed E-state index contributed by atoms with van der Waals surface area (Å²) in [5.41, 5.74) is 3.85. The molecule has 1 aromatic carbocycles. The molecule has 1 aliphatic rings. The first-order chi connectivity index (χ1) is 10.8. The summed E-state index contributed by atoms with van der Waals surface area (Å²) in [6, 6.07) is 2.95. The van der Waals surface area contributed by atoms with Gasteiger partial charge < -0.3 is 10.1 Å². The summed E-state index contributed by atoms with van der Waals surface area (Å²) in [4.78, 5) is 26.6. The number of anilines is 2. The summed E-state index contributed by atoms with van der Waals surface area (Å²) in [6.07, 6.45) is 0.596. The van der Waals surface area contributed by atoms with Gasteiger partial charge in [0.15, 0.2) is 0 Å². The van der Waals surface area contributed by atoms with E-state index in [9.17, 15) is 9.59 Å². The number of carbonyl (C=O) groups excluding carboxylic acids is 2. The summed E-state index contributed by atoms with van der Waals surface area (Å²) in [5, 5.41) is 3.21. The van der Waals surface area contributed by atoms with E-state index in [4.69, 9.17) is 4.74 Å². The maximum atomic E-state index is 12.6. The van der Waals surface area contributed by atoms with Crippen molar-refractivity contribution in [1.29, 1.82) is 0 Å². The van der Waals surface area contributed by atoms with Gasteiger partial charge in [-0.3, -0.25) is 9.69 Å². The van der Waals surface area contributed by atoms with Gasteiger partial charge >= 0.3 is 5.97 Å². The SMILES string of the molecule is CCC(C)OC(=O)C(C)N1C(=O)C(C)Nc2cc(C)c(C)cc21. The molecule has 3 unspecified atom stereocenters. The Morgan fingerprint density at radius 1 is 1.30 bits per heavy atom. The number of amides is 1. The fourth-order valence-corrected chi connectivity index (χ4v) is 2.62. The van der Waals surface area contributed by atoms with E-state index in [1.807, 2.05) is 39.8 Å². The standard InChI is InChI=1S/C18H26N2O3/c1-7-12(4)23-18(22)14(6)20-16-9-11(3)10(2)8-15(16)19-13(5)17(20)21/h8-9,12-14,19H,7H2,1-6H3. The van der Waals surface area contributed by atoms with E-state index in [-0.39, 0.29) is 24.0 Å². The highest BCUT2D eigenvalue weighted by Gasteiger charge is 2.37. The van der Waals surface area contributed by atoms with Crippen LogP contribution in [0.25, 0.3) is 0 Å². The fourth-order valence-electron chi connectivity index (χ4n) is 2.62. The second-order valence-corrected chi connectivity index (χ2v) is 6.36. The molecule has 0 aromatic heterocycles. The molecule has 0 aliphatic carbocycles. The van der Waals surface area contributed by atoms with Crippen molar-refractivity contribution in [2.45, 2.75) is 66.2 Å². The molecule has 5 nitrogen and oxygen atoms in total. The van der Waals surface area contributed by atoms with Crippen molar-refractivity contribution in [2.75, 3.05) is 10.2 Å². The van der Waals surface area contributed by atoms with Crippen LogP contribution in [-0.2, 0) is 14.3 Å². The molecule has 3 atom stereocenters. The molecule has 1 N–H and O–H groups in total. The highest BCUT2D eigenvalue weighted by Crippen LogP contribution is 2.35. The van der Waals surface area contributed by atoms with Gasteiger partial charge in [0.1, 0.15) is 12.1 Å². The Labute approximate surface area is 138 Å². The fraction of sp³-hybridized carbons (Fsp3) is 0.556. The van der Waals surface area contributed by atoms with E-state index in [1.165, 1.54) is 0 Å². The molecule has 126 valence electrons. The number of hydrogen-bond donors (Lipinski definition) is 1. The van der Waals surface area contributed by atoms with Crippen LogP contribution in [0, 0.1) is 13.8 Å². The maximum absolute atomic E-state index is 12.6. The lowest BCUT2D eigenvalue weighted by atomic mass is 10.0. The summed E-state index contributed by atoms with van der Waals surface area (Å²) >= 11 is 0. The Balaban J connectivity index is 2.39. The number of fused-ring (bicyclic) bond motifs is 1. The second-order valence-electron chi connectivity index (χ2n) is 6.36. The monoisotopic (exact) mass is 318 g/mol. The first-order valence-corrected chi connectivity index (χ1v) is 8.17. The number of benzene rings is 1. The van der Waals surface area contributed by atoms with Gasteiger partial charge in [0, 0.05) is 0 Å². The van der Waals surface area contributed by atoms with Crippen molar-refractivity contribution in [3.63, 3.8) is 0 Å². The molecule has 2 rings (SSSR count). The highest BCUT2D eigenvalue weighted by molar-refractivity contribution is 6.08. The van der Waals surface area contributed by atoms with Crippen LogP contribution in [0.5, 0.6) is 0 Å². The van der Waals surface area contributed by atoms with Crippen molar-refractivity contribution < 1.29 is 14.3 Å². The van der Waals surface area contributed by atoms with Gasteiger partial charge in [-0.15, -0.1) is 0 Å². The third-order valence-corrected chi connectivity index (χ3v) is 4.47. The minimum atomic E-state index is -0.651. The molecule has 0 radical (unpaired) electrons. The number of carbonyl (C=O) groups is 2. The second kappa shape index (κ2) is 6.60. The van der Waals surface area contributed by atoms with Gasteiger partial charge in [-0.2, -0.15) is 0 Å². The van der Waals surface area contributed by atoms with Crippen LogP contribution in [0.15, 0.2) is 12.1 Å². The average molecular weight is 318 g/mol. The van der Waals surface area contributed by atoms with E-state index in [2.05, 4.69) is 5.32 Å². The summed E-state index contributed by atoms with van der Waals surface area (Å²) in [6.45, 7) is 11.4. The lowest BCUT2D eigenvalue weighted by molar-refractivity contribution is -0.150. The Kier molecular flexibility index (Phi) is 4.97. The summed E-state index contributed by atoms with van der Waals surface area (Å²) in [7, 11) is 0. The zero-order chi connectivity index (χ0) is 17.3. The predicted molar refractivity (Wildman–Crippen MR) is 91.8 cm³/mol. The van der Waals surface area contributed by atoms with E-state index in [1.54, 1.807) is 18.7 Å². The first kappa shape index (κ1) is 17.3. The molecule has 1 amide bonds.